The summed E-state index contributed by atoms with van der Waals surface area (Å²) in [6, 6.07) is 11.0. The zero-order chi connectivity index (χ0) is 19.8. The lowest BCUT2D eigenvalue weighted by Gasteiger charge is -2.30. The highest BCUT2D eigenvalue weighted by molar-refractivity contribution is 6.31. The molecule has 0 aromatic heterocycles. The van der Waals surface area contributed by atoms with E-state index in [1.54, 1.807) is 12.1 Å². The van der Waals surface area contributed by atoms with Crippen LogP contribution in [0.5, 0.6) is 5.75 Å². The molecule has 0 unspecified atom stereocenters. The van der Waals surface area contributed by atoms with E-state index in [1.165, 1.54) is 4.90 Å². The van der Waals surface area contributed by atoms with E-state index in [0.717, 1.165) is 11.1 Å². The number of fused-ring (bicyclic) bond motifs is 1. The highest BCUT2D eigenvalue weighted by Gasteiger charge is 2.28. The number of anilines is 2. The Morgan fingerprint density at radius 2 is 1.96 bits per heavy atom. The van der Waals surface area contributed by atoms with E-state index in [-0.39, 0.29) is 30.4 Å². The summed E-state index contributed by atoms with van der Waals surface area (Å²) in [6.45, 7) is 8.05. The van der Waals surface area contributed by atoms with Gasteiger partial charge in [-0.3, -0.25) is 14.5 Å². The third kappa shape index (κ3) is 4.25. The minimum absolute atomic E-state index is 0.0356. The molecule has 0 saturated heterocycles. The van der Waals surface area contributed by atoms with Crippen LogP contribution in [-0.4, -0.2) is 25.0 Å². The van der Waals surface area contributed by atoms with Crippen molar-refractivity contribution in [3.63, 3.8) is 0 Å². The smallest absolute Gasteiger partial charge is 0.265 e. The first-order valence-electron chi connectivity index (χ1n) is 8.79. The Labute approximate surface area is 164 Å². The number of nitrogens with zero attached hydrogens (tertiary/aromatic N) is 1. The summed E-state index contributed by atoms with van der Waals surface area (Å²) < 4.78 is 5.60. The number of amides is 2. The fourth-order valence-electron chi connectivity index (χ4n) is 2.91. The summed E-state index contributed by atoms with van der Waals surface area (Å²) in [4.78, 5) is 26.3. The third-order valence-electron chi connectivity index (χ3n) is 4.54. The second-order valence-electron chi connectivity index (χ2n) is 7.71. The van der Waals surface area contributed by atoms with Crippen molar-refractivity contribution in [2.75, 3.05) is 23.4 Å². The molecule has 0 aliphatic carbocycles. The number of carbonyl (C=O) groups excluding carboxylic acids is 2. The Morgan fingerprint density at radius 3 is 2.67 bits per heavy atom. The van der Waals surface area contributed by atoms with Crippen LogP contribution in [0.25, 0.3) is 0 Å². The first kappa shape index (κ1) is 19.2. The van der Waals surface area contributed by atoms with E-state index < -0.39 is 0 Å². The Balaban J connectivity index is 1.82. The third-order valence-corrected chi connectivity index (χ3v) is 4.78. The van der Waals surface area contributed by atoms with Crippen LogP contribution in [0.3, 0.4) is 0 Å². The van der Waals surface area contributed by atoms with E-state index in [2.05, 4.69) is 26.1 Å². The maximum atomic E-state index is 12.5. The van der Waals surface area contributed by atoms with Crippen molar-refractivity contribution in [3.05, 3.63) is 52.5 Å². The molecule has 0 radical (unpaired) electrons. The fraction of sp³-hybridized carbons (Fsp3) is 0.333. The monoisotopic (exact) mass is 386 g/mol. The molecule has 0 fully saturated rings. The van der Waals surface area contributed by atoms with E-state index in [0.29, 0.717) is 22.1 Å². The molecule has 27 heavy (non-hydrogen) atoms. The van der Waals surface area contributed by atoms with Crippen LogP contribution in [0.2, 0.25) is 5.02 Å². The second-order valence-corrected chi connectivity index (χ2v) is 8.14. The van der Waals surface area contributed by atoms with Gasteiger partial charge in [0.15, 0.2) is 6.61 Å². The average molecular weight is 387 g/mol. The van der Waals surface area contributed by atoms with Gasteiger partial charge >= 0.3 is 0 Å². The predicted octanol–water partition coefficient (Wildman–Crippen LogP) is 4.31. The molecule has 3 rings (SSSR count). The molecular formula is C21H23ClN2O3. The SMILES string of the molecule is Cc1ccc(Cl)cc1NC(=O)CN1C(=O)COc2cc(C(C)(C)C)ccc21. The first-order valence-corrected chi connectivity index (χ1v) is 9.16. The number of nitrogens with one attached hydrogen (secondary N) is 1. The van der Waals surface area contributed by atoms with Crippen LogP contribution in [-0.2, 0) is 15.0 Å². The zero-order valence-electron chi connectivity index (χ0n) is 15.9. The van der Waals surface area contributed by atoms with Crippen molar-refractivity contribution >= 4 is 34.8 Å². The van der Waals surface area contributed by atoms with Crippen LogP contribution < -0.4 is 15.0 Å². The Kier molecular flexibility index (Phi) is 5.16. The van der Waals surface area contributed by atoms with Crippen molar-refractivity contribution < 1.29 is 14.3 Å². The van der Waals surface area contributed by atoms with Crippen molar-refractivity contribution in [2.24, 2.45) is 0 Å². The highest BCUT2D eigenvalue weighted by Crippen LogP contribution is 2.36. The number of halogens is 1. The highest BCUT2D eigenvalue weighted by atomic mass is 35.5. The summed E-state index contributed by atoms with van der Waals surface area (Å²) in [5.74, 6) is 0.0826. The van der Waals surface area contributed by atoms with E-state index in [1.807, 2.05) is 31.2 Å². The van der Waals surface area contributed by atoms with Gasteiger partial charge in [-0.1, -0.05) is 44.5 Å². The molecule has 2 aromatic carbocycles. The van der Waals surface area contributed by atoms with Gasteiger partial charge in [-0.05, 0) is 47.7 Å². The van der Waals surface area contributed by atoms with Gasteiger partial charge in [-0.15, -0.1) is 0 Å². The maximum Gasteiger partial charge on any atom is 0.265 e. The molecule has 5 nitrogen and oxygen atoms in total. The lowest BCUT2D eigenvalue weighted by atomic mass is 9.86. The minimum atomic E-state index is -0.290. The van der Waals surface area contributed by atoms with Gasteiger partial charge in [0.05, 0.1) is 5.69 Å². The van der Waals surface area contributed by atoms with Gasteiger partial charge in [0.25, 0.3) is 5.91 Å². The van der Waals surface area contributed by atoms with Gasteiger partial charge in [0.1, 0.15) is 12.3 Å². The molecule has 0 spiro atoms. The number of rotatable bonds is 3. The summed E-state index contributed by atoms with van der Waals surface area (Å²) in [5.41, 5.74) is 3.21. The van der Waals surface area contributed by atoms with Crippen LogP contribution >= 0.6 is 11.6 Å². The lowest BCUT2D eigenvalue weighted by Crippen LogP contribution is -2.43. The number of hydrogen-bond donors (Lipinski definition) is 1. The van der Waals surface area contributed by atoms with Crippen molar-refractivity contribution in [1.29, 1.82) is 0 Å². The summed E-state index contributed by atoms with van der Waals surface area (Å²) >= 11 is 6.00. The normalized spacial score (nSPS) is 13.8. The van der Waals surface area contributed by atoms with Gasteiger partial charge in [-0.2, -0.15) is 0 Å². The lowest BCUT2D eigenvalue weighted by molar-refractivity contribution is -0.123. The van der Waals surface area contributed by atoms with Crippen molar-refractivity contribution in [1.82, 2.24) is 0 Å². The molecule has 142 valence electrons. The number of hydrogen-bond acceptors (Lipinski definition) is 3. The number of carbonyl (C=O) groups is 2. The molecule has 6 heteroatoms. The molecule has 2 aromatic rings. The van der Waals surface area contributed by atoms with Crippen LogP contribution in [0, 0.1) is 6.92 Å². The van der Waals surface area contributed by atoms with Crippen molar-refractivity contribution in [3.8, 4) is 5.75 Å². The topological polar surface area (TPSA) is 58.6 Å². The number of aryl methyl sites for hydroxylation is 1. The molecule has 1 N–H and O–H groups in total. The van der Waals surface area contributed by atoms with Gasteiger partial charge < -0.3 is 10.1 Å². The van der Waals surface area contributed by atoms with Gasteiger partial charge in [0, 0.05) is 10.7 Å². The average Bonchev–Trinajstić information content (AvgIpc) is 2.59. The number of ether oxygens (including phenoxy) is 1. The maximum absolute atomic E-state index is 12.5. The van der Waals surface area contributed by atoms with E-state index >= 15 is 0 Å². The standard InChI is InChI=1S/C21H23ClN2O3/c1-13-5-7-15(22)10-16(13)23-19(25)11-24-17-8-6-14(21(2,3)4)9-18(17)27-12-20(24)26/h5-10H,11-12H2,1-4H3,(H,23,25). The van der Waals surface area contributed by atoms with Gasteiger partial charge in [-0.25, -0.2) is 0 Å². The van der Waals surface area contributed by atoms with E-state index in [9.17, 15) is 9.59 Å². The van der Waals surface area contributed by atoms with Gasteiger partial charge in [0.2, 0.25) is 5.91 Å². The molecule has 1 aliphatic heterocycles. The Morgan fingerprint density at radius 1 is 1.22 bits per heavy atom. The zero-order valence-corrected chi connectivity index (χ0v) is 16.7. The first-order chi connectivity index (χ1) is 12.6. The molecule has 1 aliphatic rings. The van der Waals surface area contributed by atoms with Crippen LogP contribution in [0.1, 0.15) is 31.9 Å². The predicted molar refractivity (Wildman–Crippen MR) is 108 cm³/mol. The van der Waals surface area contributed by atoms with Crippen molar-refractivity contribution in [2.45, 2.75) is 33.1 Å². The van der Waals surface area contributed by atoms with Crippen LogP contribution in [0.15, 0.2) is 36.4 Å². The largest absolute Gasteiger partial charge is 0.482 e. The molecular weight excluding hydrogens is 364 g/mol. The molecule has 0 bridgehead atoms. The Bertz CT molecular complexity index is 903. The summed E-state index contributed by atoms with van der Waals surface area (Å²) in [5, 5.41) is 3.37. The molecule has 0 saturated carbocycles. The second kappa shape index (κ2) is 7.24. The summed E-state index contributed by atoms with van der Waals surface area (Å²) in [7, 11) is 0. The quantitative estimate of drug-likeness (QED) is 0.855. The number of benzene rings is 2. The fourth-order valence-corrected chi connectivity index (χ4v) is 3.08. The Hall–Kier alpha value is -2.53. The minimum Gasteiger partial charge on any atom is -0.482 e. The molecule has 1 heterocycles. The molecule has 0 atom stereocenters. The van der Waals surface area contributed by atoms with Crippen LogP contribution in [0.4, 0.5) is 11.4 Å². The molecule has 2 amide bonds. The summed E-state index contributed by atoms with van der Waals surface area (Å²) in [6.07, 6.45) is 0. The van der Waals surface area contributed by atoms with E-state index in [4.69, 9.17) is 16.3 Å².